The van der Waals surface area contributed by atoms with E-state index >= 15 is 0 Å². The average molecular weight is 763 g/mol. The molecule has 0 radical (unpaired) electrons. The Labute approximate surface area is 323 Å². The zero-order valence-electron chi connectivity index (χ0n) is 30.5. The van der Waals surface area contributed by atoms with Crippen LogP contribution in [-0.4, -0.2) is 90.4 Å². The molecule has 8 rings (SSSR count). The SMILES string of the molecule is N#Cc1ccc(O[C@H]2CC[C@H](NC(=O)c3ccc(N4CC(CN5CCN(c6ccc7c(=O)n([C@@H]8CCC(=O)NC8=O)ncc7c6)CC5)C4)cc3)CC2)cc1Cl. The number of ether oxygens (including phenoxy) is 1. The molecular weight excluding hydrogens is 720 g/mol. The fourth-order valence-corrected chi connectivity index (χ4v) is 8.42. The van der Waals surface area contributed by atoms with E-state index in [9.17, 15) is 19.2 Å². The molecule has 4 aliphatic rings. The highest BCUT2D eigenvalue weighted by molar-refractivity contribution is 6.31. The first-order chi connectivity index (χ1) is 26.7. The number of hydrogen-bond donors (Lipinski definition) is 2. The van der Waals surface area contributed by atoms with E-state index in [0.717, 1.165) is 88.3 Å². The van der Waals surface area contributed by atoms with Gasteiger partial charge in [-0.15, -0.1) is 0 Å². The largest absolute Gasteiger partial charge is 0.490 e. The van der Waals surface area contributed by atoms with Crippen molar-refractivity contribution < 1.29 is 19.1 Å². The molecule has 1 atom stereocenters. The van der Waals surface area contributed by atoms with E-state index in [1.165, 1.54) is 4.68 Å². The molecule has 4 heterocycles. The maximum Gasteiger partial charge on any atom is 0.275 e. The van der Waals surface area contributed by atoms with Crippen LogP contribution in [0.2, 0.25) is 5.02 Å². The number of piperidine rings is 1. The smallest absolute Gasteiger partial charge is 0.275 e. The van der Waals surface area contributed by atoms with Crippen LogP contribution in [0.4, 0.5) is 11.4 Å². The summed E-state index contributed by atoms with van der Waals surface area (Å²) >= 11 is 6.15. The van der Waals surface area contributed by atoms with Crippen molar-refractivity contribution in [1.29, 1.82) is 5.26 Å². The van der Waals surface area contributed by atoms with E-state index in [-0.39, 0.29) is 42.4 Å². The zero-order chi connectivity index (χ0) is 38.1. The molecule has 4 fully saturated rings. The van der Waals surface area contributed by atoms with Gasteiger partial charge >= 0.3 is 0 Å². The third-order valence-electron chi connectivity index (χ3n) is 11.4. The van der Waals surface area contributed by atoms with Gasteiger partial charge < -0.3 is 19.9 Å². The Hall–Kier alpha value is -5.45. The fourth-order valence-electron chi connectivity index (χ4n) is 8.21. The molecule has 3 saturated heterocycles. The highest BCUT2D eigenvalue weighted by Crippen LogP contribution is 2.29. The monoisotopic (exact) mass is 762 g/mol. The van der Waals surface area contributed by atoms with Crippen LogP contribution in [-0.2, 0) is 9.59 Å². The Morgan fingerprint density at radius 3 is 2.36 bits per heavy atom. The van der Waals surface area contributed by atoms with Crippen LogP contribution < -0.4 is 30.7 Å². The number of rotatable bonds is 9. The molecule has 13 nitrogen and oxygen atoms in total. The van der Waals surface area contributed by atoms with Crippen LogP contribution in [0.5, 0.6) is 5.75 Å². The van der Waals surface area contributed by atoms with Crippen LogP contribution >= 0.6 is 11.6 Å². The van der Waals surface area contributed by atoms with Crippen LogP contribution in [0, 0.1) is 17.2 Å². The van der Waals surface area contributed by atoms with Crippen LogP contribution in [0.25, 0.3) is 10.8 Å². The van der Waals surface area contributed by atoms with Gasteiger partial charge in [0.1, 0.15) is 17.9 Å². The van der Waals surface area contributed by atoms with Crippen molar-refractivity contribution in [3.8, 4) is 11.8 Å². The third kappa shape index (κ3) is 8.02. The molecule has 0 bridgehead atoms. The Morgan fingerprint density at radius 2 is 1.65 bits per heavy atom. The van der Waals surface area contributed by atoms with Gasteiger partial charge in [0.25, 0.3) is 17.4 Å². The first-order valence-electron chi connectivity index (χ1n) is 19.1. The third-order valence-corrected chi connectivity index (χ3v) is 11.7. The predicted molar refractivity (Wildman–Crippen MR) is 209 cm³/mol. The summed E-state index contributed by atoms with van der Waals surface area (Å²) in [5, 5.41) is 20.5. The van der Waals surface area contributed by atoms with Gasteiger partial charge in [-0.1, -0.05) is 11.6 Å². The van der Waals surface area contributed by atoms with E-state index in [4.69, 9.17) is 21.6 Å². The molecule has 1 aromatic heterocycles. The first-order valence-corrected chi connectivity index (χ1v) is 19.4. The summed E-state index contributed by atoms with van der Waals surface area (Å²) in [6.45, 7) is 6.69. The quantitative estimate of drug-likeness (QED) is 0.237. The van der Waals surface area contributed by atoms with E-state index in [0.29, 0.717) is 33.2 Å². The van der Waals surface area contributed by atoms with Gasteiger partial charge in [0.05, 0.1) is 28.3 Å². The summed E-state index contributed by atoms with van der Waals surface area (Å²) in [6, 6.07) is 20.2. The van der Waals surface area contributed by atoms with Gasteiger partial charge in [-0.05, 0) is 86.7 Å². The summed E-state index contributed by atoms with van der Waals surface area (Å²) in [7, 11) is 0. The minimum Gasteiger partial charge on any atom is -0.490 e. The predicted octanol–water partition coefficient (Wildman–Crippen LogP) is 4.28. The van der Waals surface area contributed by atoms with E-state index in [2.05, 4.69) is 36.5 Å². The minimum atomic E-state index is -0.780. The molecule has 4 aromatic rings. The summed E-state index contributed by atoms with van der Waals surface area (Å²) < 4.78 is 7.29. The maximum absolute atomic E-state index is 13.2. The molecule has 3 aromatic carbocycles. The average Bonchev–Trinajstić information content (AvgIpc) is 3.18. The van der Waals surface area contributed by atoms with Crippen LogP contribution in [0.1, 0.15) is 60.5 Å². The van der Waals surface area contributed by atoms with Crippen molar-refractivity contribution in [2.45, 2.75) is 56.7 Å². The number of anilines is 2. The number of nitrogens with zero attached hydrogens (tertiary/aromatic N) is 6. The number of nitriles is 1. The minimum absolute atomic E-state index is 0.0518. The molecule has 2 N–H and O–H groups in total. The first kappa shape index (κ1) is 36.5. The Kier molecular flexibility index (Phi) is 10.4. The lowest BCUT2D eigenvalue weighted by Crippen LogP contribution is -2.55. The van der Waals surface area contributed by atoms with Gasteiger partial charge in [0.2, 0.25) is 5.91 Å². The molecule has 1 saturated carbocycles. The molecule has 284 valence electrons. The molecule has 1 aliphatic carbocycles. The van der Waals surface area contributed by atoms with Crippen LogP contribution in [0.3, 0.4) is 0 Å². The molecule has 0 spiro atoms. The van der Waals surface area contributed by atoms with Gasteiger partial charge in [0, 0.05) is 92.6 Å². The van der Waals surface area contributed by atoms with Crippen molar-refractivity contribution in [2.24, 2.45) is 5.92 Å². The molecule has 0 unspecified atom stereocenters. The Bertz CT molecular complexity index is 2200. The lowest BCUT2D eigenvalue weighted by Gasteiger charge is -2.45. The number of imide groups is 1. The lowest BCUT2D eigenvalue weighted by atomic mass is 9.92. The number of piperazine rings is 1. The number of hydrogen-bond acceptors (Lipinski definition) is 10. The lowest BCUT2D eigenvalue weighted by molar-refractivity contribution is -0.136. The molecule has 14 heteroatoms. The maximum atomic E-state index is 13.2. The van der Waals surface area contributed by atoms with Gasteiger partial charge in [-0.3, -0.25) is 29.4 Å². The summed E-state index contributed by atoms with van der Waals surface area (Å²) in [6.07, 6.45) is 5.46. The highest BCUT2D eigenvalue weighted by atomic mass is 35.5. The second kappa shape index (κ2) is 15.7. The summed E-state index contributed by atoms with van der Waals surface area (Å²) in [5.74, 6) is 0.377. The number of carbonyl (C=O) groups excluding carboxylic acids is 3. The van der Waals surface area contributed by atoms with E-state index in [1.807, 2.05) is 42.5 Å². The second-order valence-corrected chi connectivity index (χ2v) is 15.5. The zero-order valence-corrected chi connectivity index (χ0v) is 31.2. The second-order valence-electron chi connectivity index (χ2n) is 15.1. The number of nitrogens with one attached hydrogen (secondary N) is 2. The molecule has 3 amide bonds. The van der Waals surface area contributed by atoms with Crippen molar-refractivity contribution >= 4 is 51.5 Å². The number of halogens is 1. The normalized spacial score (nSPS) is 22.1. The number of fused-ring (bicyclic) bond motifs is 1. The molecule has 55 heavy (non-hydrogen) atoms. The summed E-state index contributed by atoms with van der Waals surface area (Å²) in [5.41, 5.74) is 2.94. The number of carbonyl (C=O) groups is 3. The number of amides is 3. The topological polar surface area (TPSA) is 153 Å². The Morgan fingerprint density at radius 1 is 0.909 bits per heavy atom. The standard InChI is InChI=1S/C41H43ClN8O5/c42-36-20-34(9-3-28(36)21-43)55-33-10-4-30(5-11-33)45-39(52)27-1-6-31(7-2-27)49-24-26(25-49)23-47-15-17-48(18-16-47)32-8-12-35-29(19-32)22-44-50(41(35)54)37-13-14-38(51)46-40(37)53/h1-3,6-9,12,19-20,22,26,30,33,37H,4-5,10-11,13-18,23-25H2,(H,45,52)(H,46,51,53)/t30-,33-,37-/m1/s1. The van der Waals surface area contributed by atoms with E-state index < -0.39 is 11.9 Å². The highest BCUT2D eigenvalue weighted by Gasteiger charge is 2.32. The van der Waals surface area contributed by atoms with Gasteiger partial charge in [-0.25, -0.2) is 4.68 Å². The number of aromatic nitrogens is 2. The molecule has 3 aliphatic heterocycles. The van der Waals surface area contributed by atoms with Crippen LogP contribution in [0.15, 0.2) is 71.7 Å². The van der Waals surface area contributed by atoms with Crippen molar-refractivity contribution in [1.82, 2.24) is 25.3 Å². The fraction of sp³-hybridized carbons (Fsp3) is 0.415. The van der Waals surface area contributed by atoms with Crippen molar-refractivity contribution in [3.63, 3.8) is 0 Å². The van der Waals surface area contributed by atoms with Crippen molar-refractivity contribution in [3.05, 3.63) is 93.4 Å². The summed E-state index contributed by atoms with van der Waals surface area (Å²) in [4.78, 5) is 57.3. The molecular formula is C41H43ClN8O5. The van der Waals surface area contributed by atoms with Crippen molar-refractivity contribution in [2.75, 3.05) is 55.6 Å². The number of benzene rings is 3. The van der Waals surface area contributed by atoms with Gasteiger partial charge in [-0.2, -0.15) is 10.4 Å². The van der Waals surface area contributed by atoms with Gasteiger partial charge in [0.15, 0.2) is 0 Å². The Balaban J connectivity index is 0.757. The van der Waals surface area contributed by atoms with E-state index in [1.54, 1.807) is 24.4 Å².